The molecule has 1 N–H and O–H groups in total. The second-order valence-electron chi connectivity index (χ2n) is 7.58. The van der Waals surface area contributed by atoms with E-state index in [1.165, 1.54) is 11.8 Å². The first-order valence-corrected chi connectivity index (χ1v) is 12.2. The van der Waals surface area contributed by atoms with Gasteiger partial charge < -0.3 is 10.1 Å². The van der Waals surface area contributed by atoms with Gasteiger partial charge in [0.05, 0.1) is 17.9 Å². The van der Waals surface area contributed by atoms with Crippen molar-refractivity contribution in [3.05, 3.63) is 81.0 Å². The molecule has 7 nitrogen and oxygen atoms in total. The van der Waals surface area contributed by atoms with Gasteiger partial charge in [0.25, 0.3) is 0 Å². The predicted molar refractivity (Wildman–Crippen MR) is 131 cm³/mol. The number of benzene rings is 2. The average molecular weight is 527 g/mol. The molecule has 0 saturated carbocycles. The van der Waals surface area contributed by atoms with Crippen molar-refractivity contribution in [3.63, 3.8) is 0 Å². The molecule has 33 heavy (non-hydrogen) atoms. The lowest BCUT2D eigenvalue weighted by molar-refractivity contribution is -0.139. The van der Waals surface area contributed by atoms with E-state index in [2.05, 4.69) is 31.3 Å². The van der Waals surface area contributed by atoms with Gasteiger partial charge in [0.15, 0.2) is 5.78 Å². The van der Waals surface area contributed by atoms with Crippen LogP contribution in [0.3, 0.4) is 0 Å². The van der Waals surface area contributed by atoms with Gasteiger partial charge in [-0.1, -0.05) is 69.7 Å². The van der Waals surface area contributed by atoms with Crippen LogP contribution in [0.1, 0.15) is 41.4 Å². The fourth-order valence-electron chi connectivity index (χ4n) is 3.57. The number of ketones is 1. The molecule has 2 heterocycles. The van der Waals surface area contributed by atoms with Gasteiger partial charge in [-0.25, -0.2) is 9.48 Å². The lowest BCUT2D eigenvalue weighted by Crippen LogP contribution is -2.29. The fourth-order valence-corrected chi connectivity index (χ4v) is 4.56. The summed E-state index contributed by atoms with van der Waals surface area (Å²) in [5.41, 5.74) is 3.81. The Morgan fingerprint density at radius 2 is 1.82 bits per heavy atom. The molecular formula is C24H23BrN4O3S. The van der Waals surface area contributed by atoms with Crippen molar-refractivity contribution < 1.29 is 14.3 Å². The molecule has 0 fully saturated rings. The maximum Gasteiger partial charge on any atom is 0.338 e. The molecule has 1 atom stereocenters. The van der Waals surface area contributed by atoms with Gasteiger partial charge in [0, 0.05) is 15.7 Å². The molecule has 0 bridgehead atoms. The molecule has 0 saturated heterocycles. The highest BCUT2D eigenvalue weighted by Crippen LogP contribution is 2.36. The van der Waals surface area contributed by atoms with E-state index in [0.717, 1.165) is 15.6 Å². The van der Waals surface area contributed by atoms with E-state index in [0.29, 0.717) is 27.9 Å². The second-order valence-corrected chi connectivity index (χ2v) is 9.44. The molecule has 0 spiro atoms. The van der Waals surface area contributed by atoms with Crippen LogP contribution in [0.5, 0.6) is 0 Å². The van der Waals surface area contributed by atoms with Crippen molar-refractivity contribution in [3.8, 4) is 0 Å². The maximum absolute atomic E-state index is 12.8. The van der Waals surface area contributed by atoms with Crippen LogP contribution in [0.2, 0.25) is 0 Å². The highest BCUT2D eigenvalue weighted by atomic mass is 79.9. The number of rotatable bonds is 7. The number of aromatic nitrogens is 3. The number of anilines is 1. The number of carbonyl (C=O) groups is 2. The summed E-state index contributed by atoms with van der Waals surface area (Å²) in [6.45, 7) is 5.90. The van der Waals surface area contributed by atoms with Crippen molar-refractivity contribution in [1.82, 2.24) is 14.8 Å². The second kappa shape index (κ2) is 9.93. The summed E-state index contributed by atoms with van der Waals surface area (Å²) in [5, 5.41) is 8.27. The normalized spacial score (nSPS) is 15.1. The van der Waals surface area contributed by atoms with Gasteiger partial charge in [0.1, 0.15) is 6.04 Å². The van der Waals surface area contributed by atoms with Crippen molar-refractivity contribution in [2.24, 2.45) is 0 Å². The highest BCUT2D eigenvalue weighted by Gasteiger charge is 2.35. The third-order valence-corrected chi connectivity index (χ3v) is 6.59. The molecule has 2 aromatic carbocycles. The Kier molecular flexibility index (Phi) is 6.99. The number of esters is 1. The van der Waals surface area contributed by atoms with E-state index in [9.17, 15) is 9.59 Å². The number of fused-ring (bicyclic) bond motifs is 1. The average Bonchev–Trinajstić information content (AvgIpc) is 3.20. The lowest BCUT2D eigenvalue weighted by Gasteiger charge is -2.28. The largest absolute Gasteiger partial charge is 0.463 e. The topological polar surface area (TPSA) is 86.1 Å². The van der Waals surface area contributed by atoms with Crippen LogP contribution in [-0.4, -0.2) is 38.9 Å². The zero-order chi connectivity index (χ0) is 23.5. The Balaban J connectivity index is 1.63. The Morgan fingerprint density at radius 1 is 1.12 bits per heavy atom. The smallest absolute Gasteiger partial charge is 0.338 e. The number of nitrogens with one attached hydrogen (secondary N) is 1. The number of hydrogen-bond donors (Lipinski definition) is 1. The number of thioether (sulfide) groups is 1. The Labute approximate surface area is 204 Å². The molecule has 0 amide bonds. The molecule has 1 aliphatic heterocycles. The van der Waals surface area contributed by atoms with Crippen LogP contribution in [0.15, 0.2) is 69.4 Å². The first-order chi connectivity index (χ1) is 15.9. The Hall–Kier alpha value is -2.91. The molecular weight excluding hydrogens is 504 g/mol. The molecule has 1 unspecified atom stereocenters. The summed E-state index contributed by atoms with van der Waals surface area (Å²) in [7, 11) is 0. The van der Waals surface area contributed by atoms with E-state index in [-0.39, 0.29) is 18.1 Å². The Morgan fingerprint density at radius 3 is 2.48 bits per heavy atom. The number of nitrogens with zero attached hydrogens (tertiary/aromatic N) is 3. The third-order valence-electron chi connectivity index (χ3n) is 5.22. The quantitative estimate of drug-likeness (QED) is 0.258. The monoisotopic (exact) mass is 526 g/mol. The highest BCUT2D eigenvalue weighted by molar-refractivity contribution is 9.10. The fraction of sp³-hybridized carbons (Fsp3) is 0.250. The minimum atomic E-state index is -0.482. The predicted octanol–water partition coefficient (Wildman–Crippen LogP) is 5.18. The number of Topliss-reactive ketones (excluding diaryl/α,β-unsaturated/α-hetero) is 1. The summed E-state index contributed by atoms with van der Waals surface area (Å²) in [6.07, 6.45) is 0. The number of hydrogen-bond acceptors (Lipinski definition) is 7. The van der Waals surface area contributed by atoms with Crippen LogP contribution in [0, 0.1) is 6.92 Å². The third kappa shape index (κ3) is 5.04. The molecule has 1 aromatic heterocycles. The van der Waals surface area contributed by atoms with Crippen molar-refractivity contribution in [1.29, 1.82) is 0 Å². The zero-order valence-corrected chi connectivity index (χ0v) is 20.9. The summed E-state index contributed by atoms with van der Waals surface area (Å²) in [4.78, 5) is 30.0. The summed E-state index contributed by atoms with van der Waals surface area (Å²) in [5.74, 6) is 0.320. The molecule has 170 valence electrons. The van der Waals surface area contributed by atoms with E-state index in [4.69, 9.17) is 4.74 Å². The van der Waals surface area contributed by atoms with E-state index >= 15 is 0 Å². The summed E-state index contributed by atoms with van der Waals surface area (Å²) < 4.78 is 7.94. The van der Waals surface area contributed by atoms with Gasteiger partial charge in [-0.3, -0.25) is 4.79 Å². The lowest BCUT2D eigenvalue weighted by atomic mass is 9.95. The maximum atomic E-state index is 12.8. The molecule has 9 heteroatoms. The number of halogens is 1. The van der Waals surface area contributed by atoms with Crippen LogP contribution in [0.25, 0.3) is 0 Å². The van der Waals surface area contributed by atoms with Crippen LogP contribution in [-0.2, 0) is 9.53 Å². The van der Waals surface area contributed by atoms with E-state index < -0.39 is 12.0 Å². The summed E-state index contributed by atoms with van der Waals surface area (Å²) >= 11 is 4.64. The number of carbonyl (C=O) groups excluding carboxylic acids is 2. The molecule has 1 aliphatic rings. The number of ether oxygens (including phenoxy) is 1. The molecule has 3 aromatic rings. The SMILES string of the molecule is CCOC(=O)C1=C(C)Nc2nc(SCC(=O)c3ccc(Br)cc3)nn2C1c1ccc(C)cc1. The first kappa shape index (κ1) is 23.3. The van der Waals surface area contributed by atoms with Gasteiger partial charge in [-0.05, 0) is 38.5 Å². The van der Waals surface area contributed by atoms with Crippen LogP contribution in [0.4, 0.5) is 5.95 Å². The van der Waals surface area contributed by atoms with Gasteiger partial charge in [-0.2, -0.15) is 4.98 Å². The van der Waals surface area contributed by atoms with Gasteiger partial charge in [-0.15, -0.1) is 5.10 Å². The Bertz CT molecular complexity index is 1220. The van der Waals surface area contributed by atoms with Crippen LogP contribution < -0.4 is 5.32 Å². The summed E-state index contributed by atoms with van der Waals surface area (Å²) in [6, 6.07) is 14.7. The van der Waals surface area contributed by atoms with Crippen LogP contribution >= 0.6 is 27.7 Å². The van der Waals surface area contributed by atoms with E-state index in [1.54, 1.807) is 23.7 Å². The molecule has 0 aliphatic carbocycles. The van der Waals surface area contributed by atoms with E-state index in [1.807, 2.05) is 50.2 Å². The van der Waals surface area contributed by atoms with Gasteiger partial charge >= 0.3 is 5.97 Å². The van der Waals surface area contributed by atoms with Crippen molar-refractivity contribution in [2.75, 3.05) is 17.7 Å². The minimum Gasteiger partial charge on any atom is -0.463 e. The first-order valence-electron chi connectivity index (χ1n) is 10.5. The molecule has 4 rings (SSSR count). The van der Waals surface area contributed by atoms with Gasteiger partial charge in [0.2, 0.25) is 11.1 Å². The number of allylic oxidation sites excluding steroid dienone is 1. The molecule has 0 radical (unpaired) electrons. The standard InChI is InChI=1S/C24H23BrN4O3S/c1-4-32-22(31)20-15(3)26-23-27-24(33-13-19(30)16-9-11-18(25)12-10-16)28-29(23)21(20)17-7-5-14(2)6-8-17/h5-12,21H,4,13H2,1-3H3,(H,26,27,28). The minimum absolute atomic E-state index is 0.00941. The number of aryl methyl sites for hydroxylation is 1. The van der Waals surface area contributed by atoms with Crippen molar-refractivity contribution in [2.45, 2.75) is 32.0 Å². The van der Waals surface area contributed by atoms with Crippen molar-refractivity contribution >= 4 is 45.4 Å². The zero-order valence-electron chi connectivity index (χ0n) is 18.5.